The number of para-hydroxylation sites is 1. The molecule has 2 aromatic carbocycles. The topological polar surface area (TPSA) is 76.7 Å². The lowest BCUT2D eigenvalue weighted by Gasteiger charge is -2.39. The Hall–Kier alpha value is -3.28. The van der Waals surface area contributed by atoms with Crippen molar-refractivity contribution in [1.82, 2.24) is 10.6 Å². The number of rotatable bonds is 7. The smallest absolute Gasteiger partial charge is 0.286 e. The highest BCUT2D eigenvalue weighted by Gasteiger charge is 2.40. The molecule has 6 heteroatoms. The summed E-state index contributed by atoms with van der Waals surface area (Å²) in [5, 5.41) is 6.11. The SMILES string of the molecule is COc1ccccc1/C=C1\OC2CCC(C(=O)NCCCc3ccccc3)CC2NC1=O. The lowest BCUT2D eigenvalue weighted by molar-refractivity contribution is -0.134. The number of aryl methyl sites for hydroxylation is 1. The average molecular weight is 435 g/mol. The monoisotopic (exact) mass is 434 g/mol. The second kappa shape index (κ2) is 10.4. The Balaban J connectivity index is 1.28. The molecular weight excluding hydrogens is 404 g/mol. The summed E-state index contributed by atoms with van der Waals surface area (Å²) in [4.78, 5) is 25.3. The van der Waals surface area contributed by atoms with Crippen LogP contribution >= 0.6 is 0 Å². The van der Waals surface area contributed by atoms with Gasteiger partial charge >= 0.3 is 0 Å². The van der Waals surface area contributed by atoms with Crippen molar-refractivity contribution in [2.24, 2.45) is 5.92 Å². The molecule has 2 amide bonds. The summed E-state index contributed by atoms with van der Waals surface area (Å²) in [6.45, 7) is 0.660. The van der Waals surface area contributed by atoms with Gasteiger partial charge in [0.25, 0.3) is 5.91 Å². The van der Waals surface area contributed by atoms with Crippen LogP contribution in [0.25, 0.3) is 6.08 Å². The Kier molecular flexibility index (Phi) is 7.10. The number of methoxy groups -OCH3 is 1. The van der Waals surface area contributed by atoms with Crippen LogP contribution in [-0.2, 0) is 20.7 Å². The molecule has 0 aromatic heterocycles. The third kappa shape index (κ3) is 5.31. The number of benzene rings is 2. The molecular formula is C26H30N2O4. The fourth-order valence-electron chi connectivity index (χ4n) is 4.45. The fourth-order valence-corrected chi connectivity index (χ4v) is 4.45. The largest absolute Gasteiger partial charge is 0.496 e. The molecule has 1 saturated carbocycles. The van der Waals surface area contributed by atoms with E-state index < -0.39 is 0 Å². The molecule has 4 rings (SSSR count). The zero-order valence-electron chi connectivity index (χ0n) is 18.4. The fraction of sp³-hybridized carbons (Fsp3) is 0.385. The summed E-state index contributed by atoms with van der Waals surface area (Å²) in [6, 6.07) is 17.6. The van der Waals surface area contributed by atoms with Gasteiger partial charge in [0.05, 0.1) is 13.2 Å². The summed E-state index contributed by atoms with van der Waals surface area (Å²) in [5.74, 6) is 0.699. The van der Waals surface area contributed by atoms with E-state index in [2.05, 4.69) is 22.8 Å². The third-order valence-corrected chi connectivity index (χ3v) is 6.19. The van der Waals surface area contributed by atoms with Gasteiger partial charge in [-0.25, -0.2) is 0 Å². The first-order valence-electron chi connectivity index (χ1n) is 11.3. The van der Waals surface area contributed by atoms with E-state index in [9.17, 15) is 9.59 Å². The van der Waals surface area contributed by atoms with Crippen molar-refractivity contribution in [2.75, 3.05) is 13.7 Å². The predicted molar refractivity (Wildman–Crippen MR) is 123 cm³/mol. The van der Waals surface area contributed by atoms with Gasteiger partial charge in [0.1, 0.15) is 11.9 Å². The quantitative estimate of drug-likeness (QED) is 0.517. The van der Waals surface area contributed by atoms with Gasteiger partial charge < -0.3 is 20.1 Å². The maximum atomic E-state index is 12.7. The van der Waals surface area contributed by atoms with Crippen LogP contribution in [0, 0.1) is 5.92 Å². The molecule has 2 aliphatic rings. The Morgan fingerprint density at radius 1 is 1.16 bits per heavy atom. The summed E-state index contributed by atoms with van der Waals surface area (Å²) >= 11 is 0. The molecule has 6 nitrogen and oxygen atoms in total. The minimum absolute atomic E-state index is 0.0705. The molecule has 2 fully saturated rings. The molecule has 1 aliphatic carbocycles. The molecule has 2 aromatic rings. The van der Waals surface area contributed by atoms with Crippen molar-refractivity contribution < 1.29 is 19.1 Å². The van der Waals surface area contributed by atoms with Crippen molar-refractivity contribution in [3.05, 3.63) is 71.5 Å². The zero-order valence-corrected chi connectivity index (χ0v) is 18.4. The van der Waals surface area contributed by atoms with E-state index in [1.165, 1.54) is 5.56 Å². The first-order valence-corrected chi connectivity index (χ1v) is 11.3. The lowest BCUT2D eigenvalue weighted by Crippen LogP contribution is -2.54. The maximum absolute atomic E-state index is 12.7. The summed E-state index contributed by atoms with van der Waals surface area (Å²) < 4.78 is 11.4. The Bertz CT molecular complexity index is 973. The van der Waals surface area contributed by atoms with Crippen LogP contribution < -0.4 is 15.4 Å². The Labute approximate surface area is 189 Å². The van der Waals surface area contributed by atoms with Gasteiger partial charge in [-0.2, -0.15) is 0 Å². The number of ether oxygens (including phenoxy) is 2. The van der Waals surface area contributed by atoms with E-state index in [0.717, 1.165) is 31.2 Å². The summed E-state index contributed by atoms with van der Waals surface area (Å²) in [7, 11) is 1.60. The van der Waals surface area contributed by atoms with Crippen LogP contribution in [0.5, 0.6) is 5.75 Å². The molecule has 3 unspecified atom stereocenters. The molecule has 1 heterocycles. The standard InChI is InChI=1S/C26H30N2O4/c1-31-22-12-6-5-11-19(22)17-24-26(30)28-21-16-20(13-14-23(21)32-24)25(29)27-15-7-10-18-8-3-2-4-9-18/h2-6,8-9,11-12,17,20-21,23H,7,10,13-16H2,1H3,(H,27,29)(H,28,30)/b24-17-. The first kappa shape index (κ1) is 21.9. The van der Waals surface area contributed by atoms with Crippen LogP contribution in [0.2, 0.25) is 0 Å². The molecule has 0 bridgehead atoms. The molecule has 168 valence electrons. The number of hydrogen-bond acceptors (Lipinski definition) is 4. The van der Waals surface area contributed by atoms with E-state index in [1.54, 1.807) is 13.2 Å². The highest BCUT2D eigenvalue weighted by atomic mass is 16.5. The highest BCUT2D eigenvalue weighted by molar-refractivity contribution is 5.97. The van der Waals surface area contributed by atoms with Gasteiger partial charge in [0.15, 0.2) is 5.76 Å². The van der Waals surface area contributed by atoms with Gasteiger partial charge in [0.2, 0.25) is 5.91 Å². The third-order valence-electron chi connectivity index (χ3n) is 6.19. The van der Waals surface area contributed by atoms with Gasteiger partial charge in [0, 0.05) is 18.0 Å². The summed E-state index contributed by atoms with van der Waals surface area (Å²) in [6.07, 6.45) is 5.54. The minimum atomic E-state index is -0.249. The number of amides is 2. The molecule has 0 spiro atoms. The van der Waals surface area contributed by atoms with E-state index in [1.807, 2.05) is 42.5 Å². The second-order valence-electron chi connectivity index (χ2n) is 8.38. The minimum Gasteiger partial charge on any atom is -0.496 e. The van der Waals surface area contributed by atoms with Gasteiger partial charge in [-0.05, 0) is 49.8 Å². The van der Waals surface area contributed by atoms with E-state index in [-0.39, 0.29) is 29.9 Å². The lowest BCUT2D eigenvalue weighted by atomic mass is 9.82. The predicted octanol–water partition coefficient (Wildman–Crippen LogP) is 3.47. The van der Waals surface area contributed by atoms with E-state index in [4.69, 9.17) is 9.47 Å². The van der Waals surface area contributed by atoms with Gasteiger partial charge in [-0.15, -0.1) is 0 Å². The van der Waals surface area contributed by atoms with Gasteiger partial charge in [-0.3, -0.25) is 9.59 Å². The van der Waals surface area contributed by atoms with E-state index in [0.29, 0.717) is 24.5 Å². The molecule has 32 heavy (non-hydrogen) atoms. The van der Waals surface area contributed by atoms with Crippen molar-refractivity contribution in [2.45, 2.75) is 44.2 Å². The van der Waals surface area contributed by atoms with Crippen LogP contribution in [0.4, 0.5) is 0 Å². The second-order valence-corrected chi connectivity index (χ2v) is 8.38. The highest BCUT2D eigenvalue weighted by Crippen LogP contribution is 2.32. The number of carbonyl (C=O) groups is 2. The van der Waals surface area contributed by atoms with Crippen LogP contribution in [-0.4, -0.2) is 37.6 Å². The summed E-state index contributed by atoms with van der Waals surface area (Å²) in [5.41, 5.74) is 2.07. The molecule has 1 saturated heterocycles. The molecule has 0 radical (unpaired) electrons. The average Bonchev–Trinajstić information content (AvgIpc) is 2.83. The zero-order chi connectivity index (χ0) is 22.3. The number of morpholine rings is 1. The Morgan fingerprint density at radius 3 is 2.75 bits per heavy atom. The maximum Gasteiger partial charge on any atom is 0.286 e. The normalized spacial score (nSPS) is 23.6. The number of nitrogens with one attached hydrogen (secondary N) is 2. The van der Waals surface area contributed by atoms with Crippen molar-refractivity contribution in [3.63, 3.8) is 0 Å². The molecule has 2 N–H and O–H groups in total. The van der Waals surface area contributed by atoms with Crippen molar-refractivity contribution in [3.8, 4) is 5.75 Å². The van der Waals surface area contributed by atoms with Crippen LogP contribution in [0.1, 0.15) is 36.8 Å². The van der Waals surface area contributed by atoms with Gasteiger partial charge in [-0.1, -0.05) is 48.5 Å². The number of carbonyl (C=O) groups excluding carboxylic acids is 2. The van der Waals surface area contributed by atoms with Crippen LogP contribution in [0.15, 0.2) is 60.4 Å². The number of hydrogen-bond donors (Lipinski definition) is 2. The van der Waals surface area contributed by atoms with Crippen molar-refractivity contribution in [1.29, 1.82) is 0 Å². The van der Waals surface area contributed by atoms with Crippen LogP contribution in [0.3, 0.4) is 0 Å². The number of fused-ring (bicyclic) bond motifs is 1. The molecule has 3 atom stereocenters. The van der Waals surface area contributed by atoms with E-state index >= 15 is 0 Å². The first-order chi connectivity index (χ1) is 15.6. The van der Waals surface area contributed by atoms with Crippen molar-refractivity contribution >= 4 is 17.9 Å². The Morgan fingerprint density at radius 2 is 1.94 bits per heavy atom. The molecule has 1 aliphatic heterocycles.